The first-order chi connectivity index (χ1) is 13.6. The number of carbonyl (C=O) groups is 1. The topological polar surface area (TPSA) is 61.4 Å². The molecule has 0 radical (unpaired) electrons. The zero-order valence-corrected chi connectivity index (χ0v) is 17.3. The van der Waals surface area contributed by atoms with Crippen LogP contribution in [0.4, 0.5) is 11.5 Å². The van der Waals surface area contributed by atoms with Crippen molar-refractivity contribution in [3.05, 3.63) is 46.6 Å². The Kier molecular flexibility index (Phi) is 5.28. The molecule has 3 heterocycles. The molecule has 28 heavy (non-hydrogen) atoms. The predicted octanol–water partition coefficient (Wildman–Crippen LogP) is 3.57. The van der Waals surface area contributed by atoms with Gasteiger partial charge in [0, 0.05) is 31.9 Å². The van der Waals surface area contributed by atoms with Crippen LogP contribution >= 0.6 is 11.3 Å². The lowest BCUT2D eigenvalue weighted by atomic mass is 10.1. The van der Waals surface area contributed by atoms with Gasteiger partial charge in [-0.2, -0.15) is 0 Å². The highest BCUT2D eigenvalue weighted by Gasteiger charge is 2.23. The van der Waals surface area contributed by atoms with Gasteiger partial charge in [-0.05, 0) is 43.7 Å². The number of amides is 1. The molecule has 1 fully saturated rings. The van der Waals surface area contributed by atoms with Gasteiger partial charge < -0.3 is 15.1 Å². The van der Waals surface area contributed by atoms with Crippen LogP contribution in [-0.2, 0) is 6.42 Å². The molecule has 1 aliphatic heterocycles. The second-order valence-electron chi connectivity index (χ2n) is 7.23. The molecule has 0 unspecified atom stereocenters. The van der Waals surface area contributed by atoms with Gasteiger partial charge in [0.05, 0.1) is 10.3 Å². The highest BCUT2D eigenvalue weighted by Crippen LogP contribution is 2.35. The van der Waals surface area contributed by atoms with E-state index in [2.05, 4.69) is 45.1 Å². The van der Waals surface area contributed by atoms with Crippen molar-refractivity contribution < 1.29 is 4.79 Å². The summed E-state index contributed by atoms with van der Waals surface area (Å²) in [6.07, 6.45) is 2.55. The Morgan fingerprint density at radius 1 is 1.21 bits per heavy atom. The number of fused-ring (bicyclic) bond motifs is 1. The number of thiophene rings is 1. The standard InChI is InChI=1S/C21H25N5OS/c1-4-15-6-5-7-16(12-15)24-20(27)18-14(2)17-19(22-13-23-21(17)28-18)26-10-8-25(3)9-11-26/h5-7,12-13H,4,8-11H2,1-3H3,(H,24,27). The molecule has 1 aliphatic rings. The van der Waals surface area contributed by atoms with Gasteiger partial charge in [0.1, 0.15) is 17.0 Å². The minimum Gasteiger partial charge on any atom is -0.353 e. The van der Waals surface area contributed by atoms with Crippen LogP contribution in [0.3, 0.4) is 0 Å². The third-order valence-corrected chi connectivity index (χ3v) is 6.51. The van der Waals surface area contributed by atoms with Gasteiger partial charge in [0.15, 0.2) is 0 Å². The Balaban J connectivity index is 1.65. The number of benzene rings is 1. The zero-order chi connectivity index (χ0) is 19.7. The van der Waals surface area contributed by atoms with Crippen molar-refractivity contribution in [3.8, 4) is 0 Å². The molecule has 7 heteroatoms. The molecule has 1 amide bonds. The number of piperazine rings is 1. The van der Waals surface area contributed by atoms with E-state index < -0.39 is 0 Å². The maximum atomic E-state index is 13.0. The molecule has 0 atom stereocenters. The van der Waals surface area contributed by atoms with Crippen molar-refractivity contribution in [3.63, 3.8) is 0 Å². The first-order valence-electron chi connectivity index (χ1n) is 9.64. The normalized spacial score (nSPS) is 15.2. The lowest BCUT2D eigenvalue weighted by Gasteiger charge is -2.33. The van der Waals surface area contributed by atoms with Crippen LogP contribution in [0.2, 0.25) is 0 Å². The summed E-state index contributed by atoms with van der Waals surface area (Å²) in [5.74, 6) is 0.858. The van der Waals surface area contributed by atoms with Crippen molar-refractivity contribution in [1.29, 1.82) is 0 Å². The van der Waals surface area contributed by atoms with Crippen molar-refractivity contribution in [2.24, 2.45) is 0 Å². The van der Waals surface area contributed by atoms with Gasteiger partial charge in [-0.3, -0.25) is 4.79 Å². The SMILES string of the molecule is CCc1cccc(NC(=O)c2sc3ncnc(N4CCN(C)CC4)c3c2C)c1. The molecule has 0 aliphatic carbocycles. The maximum Gasteiger partial charge on any atom is 0.266 e. The Hall–Kier alpha value is -2.51. The predicted molar refractivity (Wildman–Crippen MR) is 116 cm³/mol. The lowest BCUT2D eigenvalue weighted by Crippen LogP contribution is -2.44. The smallest absolute Gasteiger partial charge is 0.266 e. The second-order valence-corrected chi connectivity index (χ2v) is 8.23. The number of carbonyl (C=O) groups excluding carboxylic acids is 1. The fourth-order valence-corrected chi connectivity index (χ4v) is 4.62. The van der Waals surface area contributed by atoms with E-state index >= 15 is 0 Å². The largest absolute Gasteiger partial charge is 0.353 e. The summed E-state index contributed by atoms with van der Waals surface area (Å²) in [4.78, 5) is 28.2. The molecule has 0 bridgehead atoms. The molecule has 1 aromatic carbocycles. The zero-order valence-electron chi connectivity index (χ0n) is 16.5. The molecule has 6 nitrogen and oxygen atoms in total. The van der Waals surface area contributed by atoms with E-state index in [4.69, 9.17) is 0 Å². The number of hydrogen-bond acceptors (Lipinski definition) is 6. The number of aromatic nitrogens is 2. The Labute approximate surface area is 169 Å². The first-order valence-corrected chi connectivity index (χ1v) is 10.5. The molecule has 0 saturated carbocycles. The van der Waals surface area contributed by atoms with Crippen LogP contribution in [-0.4, -0.2) is 54.0 Å². The third-order valence-electron chi connectivity index (χ3n) is 5.31. The van der Waals surface area contributed by atoms with Crippen LogP contribution < -0.4 is 10.2 Å². The molecule has 1 N–H and O–H groups in total. The van der Waals surface area contributed by atoms with E-state index in [-0.39, 0.29) is 5.91 Å². The fraction of sp³-hybridized carbons (Fsp3) is 0.381. The molecular weight excluding hydrogens is 370 g/mol. The van der Waals surface area contributed by atoms with Crippen molar-refractivity contribution in [2.45, 2.75) is 20.3 Å². The summed E-state index contributed by atoms with van der Waals surface area (Å²) >= 11 is 1.44. The number of nitrogens with zero attached hydrogens (tertiary/aromatic N) is 4. The van der Waals surface area contributed by atoms with Crippen molar-refractivity contribution in [1.82, 2.24) is 14.9 Å². The van der Waals surface area contributed by atoms with E-state index in [9.17, 15) is 4.79 Å². The highest BCUT2D eigenvalue weighted by molar-refractivity contribution is 7.20. The number of rotatable bonds is 4. The maximum absolute atomic E-state index is 13.0. The van der Waals surface area contributed by atoms with E-state index in [0.717, 1.165) is 59.9 Å². The van der Waals surface area contributed by atoms with Crippen molar-refractivity contribution in [2.75, 3.05) is 43.4 Å². The number of hydrogen-bond donors (Lipinski definition) is 1. The fourth-order valence-electron chi connectivity index (χ4n) is 3.58. The molecule has 4 rings (SSSR count). The lowest BCUT2D eigenvalue weighted by molar-refractivity contribution is 0.103. The Morgan fingerprint density at radius 3 is 2.75 bits per heavy atom. The summed E-state index contributed by atoms with van der Waals surface area (Å²) in [5.41, 5.74) is 2.99. The summed E-state index contributed by atoms with van der Waals surface area (Å²) in [6.45, 7) is 7.99. The van der Waals surface area contributed by atoms with Crippen molar-refractivity contribution >= 4 is 39.0 Å². The summed E-state index contributed by atoms with van der Waals surface area (Å²) in [5, 5.41) is 4.05. The van der Waals surface area contributed by atoms with Gasteiger partial charge >= 0.3 is 0 Å². The molecule has 2 aromatic heterocycles. The van der Waals surface area contributed by atoms with Crippen LogP contribution in [0.5, 0.6) is 0 Å². The number of nitrogens with one attached hydrogen (secondary N) is 1. The Bertz CT molecular complexity index is 1010. The molecule has 146 valence electrons. The van der Waals surface area contributed by atoms with Gasteiger partial charge in [0.2, 0.25) is 0 Å². The average molecular weight is 396 g/mol. The quantitative estimate of drug-likeness (QED) is 0.732. The number of anilines is 2. The number of likely N-dealkylation sites (N-methyl/N-ethyl adjacent to an activating group) is 1. The van der Waals surface area contributed by atoms with Gasteiger partial charge in [-0.15, -0.1) is 11.3 Å². The summed E-state index contributed by atoms with van der Waals surface area (Å²) in [7, 11) is 2.14. The molecule has 3 aromatic rings. The molecule has 1 saturated heterocycles. The monoisotopic (exact) mass is 395 g/mol. The second kappa shape index (κ2) is 7.85. The molecule has 0 spiro atoms. The van der Waals surface area contributed by atoms with Crippen LogP contribution in [0.15, 0.2) is 30.6 Å². The Morgan fingerprint density at radius 2 is 2.00 bits per heavy atom. The van der Waals surface area contributed by atoms with E-state index in [1.54, 1.807) is 6.33 Å². The van der Waals surface area contributed by atoms with E-state index in [1.807, 2.05) is 25.1 Å². The van der Waals surface area contributed by atoms with Gasteiger partial charge in [-0.1, -0.05) is 19.1 Å². The highest BCUT2D eigenvalue weighted by atomic mass is 32.1. The molecular formula is C21H25N5OS. The minimum absolute atomic E-state index is 0.0851. The van der Waals surface area contributed by atoms with Gasteiger partial charge in [-0.25, -0.2) is 9.97 Å². The average Bonchev–Trinajstić information content (AvgIpc) is 3.06. The first kappa shape index (κ1) is 18.8. The van der Waals surface area contributed by atoms with E-state index in [0.29, 0.717) is 4.88 Å². The van der Waals surface area contributed by atoms with Crippen LogP contribution in [0.1, 0.15) is 27.7 Å². The third kappa shape index (κ3) is 3.59. The van der Waals surface area contributed by atoms with Gasteiger partial charge in [0.25, 0.3) is 5.91 Å². The van der Waals surface area contributed by atoms with E-state index in [1.165, 1.54) is 16.9 Å². The van der Waals surface area contributed by atoms with Crippen LogP contribution in [0.25, 0.3) is 10.2 Å². The summed E-state index contributed by atoms with van der Waals surface area (Å²) in [6, 6.07) is 7.99. The number of aryl methyl sites for hydroxylation is 2. The summed E-state index contributed by atoms with van der Waals surface area (Å²) < 4.78 is 0. The minimum atomic E-state index is -0.0851. The van der Waals surface area contributed by atoms with Crippen LogP contribution in [0, 0.1) is 6.92 Å².